The number of aliphatic hydroxyl groups is 5. The van der Waals surface area contributed by atoms with Gasteiger partial charge in [0.2, 0.25) is 5.60 Å². The number of aliphatic carboxylic acids is 1. The zero-order chi connectivity index (χ0) is 16.1. The molecular formula is C7H15O11P. The zero-order valence-corrected chi connectivity index (χ0v) is 10.3. The van der Waals surface area contributed by atoms with Crippen molar-refractivity contribution in [3.8, 4) is 0 Å². The van der Waals surface area contributed by atoms with E-state index in [4.69, 9.17) is 16.3 Å². The van der Waals surface area contributed by atoms with E-state index in [0.29, 0.717) is 0 Å². The molecule has 0 radical (unpaired) electrons. The SMILES string of the molecule is [2H]OC(=O)[C@@](O)(CO)[C@@H](O)[C@H](O)[C@H](O)COP(=O)(O)O. The summed E-state index contributed by atoms with van der Waals surface area (Å²) in [5.74, 6) is -1.81. The lowest BCUT2D eigenvalue weighted by Gasteiger charge is -2.32. The summed E-state index contributed by atoms with van der Waals surface area (Å²) in [5.41, 5.74) is -3.11. The van der Waals surface area contributed by atoms with Gasteiger partial charge >= 0.3 is 13.8 Å². The lowest BCUT2D eigenvalue weighted by atomic mass is 9.91. The molecule has 0 aliphatic rings. The summed E-state index contributed by atoms with van der Waals surface area (Å²) in [5, 5.41) is 49.9. The highest BCUT2D eigenvalue weighted by Gasteiger charge is 2.48. The van der Waals surface area contributed by atoms with E-state index in [9.17, 15) is 29.8 Å². The Morgan fingerprint density at radius 1 is 1.37 bits per heavy atom. The lowest BCUT2D eigenvalue weighted by molar-refractivity contribution is -0.198. The van der Waals surface area contributed by atoms with Gasteiger partial charge in [-0.2, -0.15) is 0 Å². The fraction of sp³-hybridized carbons (Fsp3) is 0.857. The second kappa shape index (κ2) is 6.70. The van der Waals surface area contributed by atoms with Crippen LogP contribution in [0, 0.1) is 0 Å². The second-order valence-corrected chi connectivity index (χ2v) is 4.90. The van der Waals surface area contributed by atoms with Crippen LogP contribution in [0.2, 0.25) is 0 Å². The molecule has 0 aromatic rings. The molecule has 0 aliphatic heterocycles. The first-order valence-electron chi connectivity index (χ1n) is 5.15. The summed E-state index contributed by atoms with van der Waals surface area (Å²) in [6, 6.07) is 0. The van der Waals surface area contributed by atoms with Crippen LogP contribution < -0.4 is 0 Å². The predicted molar refractivity (Wildman–Crippen MR) is 55.7 cm³/mol. The van der Waals surface area contributed by atoms with Gasteiger partial charge in [0.1, 0.15) is 18.3 Å². The normalized spacial score (nSPS) is 20.9. The Morgan fingerprint density at radius 3 is 2.26 bits per heavy atom. The molecule has 8 N–H and O–H groups in total. The van der Waals surface area contributed by atoms with Crippen molar-refractivity contribution in [3.05, 3.63) is 0 Å². The molecule has 0 heterocycles. The third-order valence-electron chi connectivity index (χ3n) is 2.22. The summed E-state index contributed by atoms with van der Waals surface area (Å²) >= 11 is 0. The molecule has 4 atom stereocenters. The first-order chi connectivity index (χ1) is 8.99. The van der Waals surface area contributed by atoms with Crippen molar-refractivity contribution in [3.63, 3.8) is 0 Å². The van der Waals surface area contributed by atoms with Crippen molar-refractivity contribution in [1.82, 2.24) is 0 Å². The molecule has 0 amide bonds. The largest absolute Gasteiger partial charge is 0.479 e. The first kappa shape index (κ1) is 16.4. The van der Waals surface area contributed by atoms with E-state index in [-0.39, 0.29) is 0 Å². The summed E-state index contributed by atoms with van der Waals surface area (Å²) < 4.78 is 20.5. The molecule has 19 heavy (non-hydrogen) atoms. The molecule has 0 rings (SSSR count). The average Bonchev–Trinajstić information content (AvgIpc) is 2.40. The highest BCUT2D eigenvalue weighted by Crippen LogP contribution is 2.36. The standard InChI is InChI=1S/C7H15O11P/c8-2-7(14,6(12)13)5(11)4(10)3(9)1-18-19(15,16)17/h3-5,8-11,14H,1-2H2,(H,12,13)(H2,15,16,17)/t3-,4-,5+,7-/m1/s1/i/hD. The maximum absolute atomic E-state index is 11.0. The van der Waals surface area contributed by atoms with Gasteiger partial charge in [0.25, 0.3) is 1.43 Å². The maximum atomic E-state index is 11.0. The van der Waals surface area contributed by atoms with Crippen LogP contribution in [0.3, 0.4) is 0 Å². The Labute approximate surface area is 108 Å². The van der Waals surface area contributed by atoms with Crippen LogP contribution in [-0.4, -0.2) is 83.5 Å². The number of aliphatic hydroxyl groups excluding tert-OH is 4. The fourth-order valence-electron chi connectivity index (χ4n) is 1.04. The second-order valence-electron chi connectivity index (χ2n) is 3.66. The van der Waals surface area contributed by atoms with Gasteiger partial charge in [-0.3, -0.25) is 4.52 Å². The molecular weight excluding hydrogens is 291 g/mol. The zero-order valence-electron chi connectivity index (χ0n) is 10.4. The number of phosphoric ester groups is 1. The number of phosphoric acid groups is 1. The Morgan fingerprint density at radius 2 is 1.89 bits per heavy atom. The van der Waals surface area contributed by atoms with Crippen molar-refractivity contribution >= 4 is 13.8 Å². The molecule has 0 aliphatic carbocycles. The molecule has 0 saturated carbocycles. The Balaban J connectivity index is 4.85. The van der Waals surface area contributed by atoms with Gasteiger partial charge in [0, 0.05) is 0 Å². The van der Waals surface area contributed by atoms with Gasteiger partial charge in [-0.25, -0.2) is 9.36 Å². The molecule has 0 aromatic carbocycles. The van der Waals surface area contributed by atoms with Crippen LogP contribution in [0.25, 0.3) is 1.43 Å². The van der Waals surface area contributed by atoms with Crippen LogP contribution in [0.1, 0.15) is 0 Å². The minimum absolute atomic E-state index is 1.14. The molecule has 0 saturated heterocycles. The van der Waals surface area contributed by atoms with Gasteiger partial charge < -0.3 is 40.4 Å². The Bertz CT molecular complexity index is 372. The monoisotopic (exact) mass is 307 g/mol. The van der Waals surface area contributed by atoms with Gasteiger partial charge in [-0.05, 0) is 0 Å². The molecule has 114 valence electrons. The van der Waals surface area contributed by atoms with Crippen molar-refractivity contribution in [2.75, 3.05) is 13.2 Å². The Kier molecular flexibility index (Phi) is 5.80. The number of carboxylic acid groups (broad SMARTS) is 1. The smallest absolute Gasteiger partial charge is 0.469 e. The van der Waals surface area contributed by atoms with E-state index in [1.807, 2.05) is 0 Å². The lowest BCUT2D eigenvalue weighted by Crippen LogP contribution is -2.60. The quantitative estimate of drug-likeness (QED) is 0.203. The van der Waals surface area contributed by atoms with Crippen molar-refractivity contribution in [1.29, 1.82) is 1.43 Å². The molecule has 0 aromatic heterocycles. The summed E-state index contributed by atoms with van der Waals surface area (Å²) in [6.07, 6.45) is -6.97. The number of rotatable bonds is 8. The van der Waals surface area contributed by atoms with E-state index < -0.39 is 50.9 Å². The molecule has 0 unspecified atom stereocenters. The molecule has 11 nitrogen and oxygen atoms in total. The highest BCUT2D eigenvalue weighted by atomic mass is 31.2. The number of carboxylic acids is 1. The molecule has 0 spiro atoms. The van der Waals surface area contributed by atoms with Crippen LogP contribution in [0.5, 0.6) is 0 Å². The fourth-order valence-corrected chi connectivity index (χ4v) is 1.39. The average molecular weight is 307 g/mol. The minimum atomic E-state index is -4.95. The van der Waals surface area contributed by atoms with E-state index in [2.05, 4.69) is 9.63 Å². The number of hydrogen-bond donors (Lipinski definition) is 8. The molecule has 0 fully saturated rings. The van der Waals surface area contributed by atoms with Crippen LogP contribution >= 0.6 is 7.82 Å². The summed E-state index contributed by atoms with van der Waals surface area (Å²) in [7, 11) is -4.95. The minimum Gasteiger partial charge on any atom is -0.479 e. The van der Waals surface area contributed by atoms with Crippen LogP contribution in [0.15, 0.2) is 0 Å². The third-order valence-corrected chi connectivity index (χ3v) is 2.70. The number of hydrogen-bond acceptors (Lipinski definition) is 9. The highest BCUT2D eigenvalue weighted by molar-refractivity contribution is 7.46. The van der Waals surface area contributed by atoms with Crippen molar-refractivity contribution < 1.29 is 54.3 Å². The first-order valence-corrected chi connectivity index (χ1v) is 6.27. The van der Waals surface area contributed by atoms with Gasteiger partial charge in [0.05, 0.1) is 13.2 Å². The molecule has 0 bridgehead atoms. The summed E-state index contributed by atoms with van der Waals surface area (Å²) in [6.45, 7) is -2.59. The maximum Gasteiger partial charge on any atom is 0.469 e. The van der Waals surface area contributed by atoms with Crippen LogP contribution in [-0.2, 0) is 13.9 Å². The topological polar surface area (TPSA) is 205 Å². The predicted octanol–water partition coefficient (Wildman–Crippen LogP) is -4.01. The molecule has 12 heteroatoms. The van der Waals surface area contributed by atoms with E-state index in [0.717, 1.165) is 0 Å². The summed E-state index contributed by atoms with van der Waals surface area (Å²) in [4.78, 5) is 27.8. The van der Waals surface area contributed by atoms with Gasteiger partial charge in [-0.15, -0.1) is 0 Å². The van der Waals surface area contributed by atoms with Crippen molar-refractivity contribution in [2.24, 2.45) is 0 Å². The van der Waals surface area contributed by atoms with E-state index >= 15 is 0 Å². The van der Waals surface area contributed by atoms with E-state index in [1.54, 1.807) is 0 Å². The van der Waals surface area contributed by atoms with Gasteiger partial charge in [-0.1, -0.05) is 0 Å². The van der Waals surface area contributed by atoms with Gasteiger partial charge in [0.15, 0.2) is 0 Å². The van der Waals surface area contributed by atoms with E-state index in [1.165, 1.54) is 0 Å². The third kappa shape index (κ3) is 5.10. The Hall–Kier alpha value is -0.620. The number of carbonyl (C=O) groups is 1. The van der Waals surface area contributed by atoms with Crippen LogP contribution in [0.4, 0.5) is 0 Å². The van der Waals surface area contributed by atoms with Crippen molar-refractivity contribution in [2.45, 2.75) is 23.9 Å².